The van der Waals surface area contributed by atoms with Gasteiger partial charge in [-0.05, 0) is 43.0 Å². The molecular weight excluding hydrogens is 282 g/mol. The van der Waals surface area contributed by atoms with Crippen molar-refractivity contribution in [1.82, 2.24) is 5.32 Å². The molecule has 0 saturated heterocycles. The number of amides is 1. The van der Waals surface area contributed by atoms with Crippen LogP contribution < -0.4 is 5.32 Å². The number of hydrogen-bond acceptors (Lipinski definition) is 1. The second kappa shape index (κ2) is 9.48. The molecule has 0 spiro atoms. The summed E-state index contributed by atoms with van der Waals surface area (Å²) >= 11 is 0. The van der Waals surface area contributed by atoms with Crippen LogP contribution in [0, 0.1) is 11.8 Å². The fraction of sp³-hybridized carbons (Fsp3) is 0.286. The molecule has 0 aliphatic heterocycles. The maximum absolute atomic E-state index is 12.1. The second-order valence-electron chi connectivity index (χ2n) is 5.44. The molecule has 1 amide bonds. The van der Waals surface area contributed by atoms with E-state index in [1.807, 2.05) is 49.4 Å². The normalized spacial score (nSPS) is 9.78. The van der Waals surface area contributed by atoms with Crippen molar-refractivity contribution in [2.75, 3.05) is 6.54 Å². The molecule has 0 atom stereocenters. The lowest BCUT2D eigenvalue weighted by Crippen LogP contribution is -2.24. The molecule has 0 heterocycles. The fourth-order valence-electron chi connectivity index (χ4n) is 2.39. The standard InChI is InChI=1S/C21H23NO/c1-2-3-4-5-6-10-17-22-21(23)20-15-13-19(14-16-20)18-11-8-7-9-12-18/h7-9,11-16H,4-6,10,17H2,1H3,(H,22,23). The summed E-state index contributed by atoms with van der Waals surface area (Å²) < 4.78 is 0. The monoisotopic (exact) mass is 305 g/mol. The van der Waals surface area contributed by atoms with E-state index in [1.54, 1.807) is 0 Å². The quantitative estimate of drug-likeness (QED) is 0.584. The van der Waals surface area contributed by atoms with Crippen LogP contribution in [0.1, 0.15) is 43.0 Å². The van der Waals surface area contributed by atoms with Crippen LogP contribution in [0.2, 0.25) is 0 Å². The van der Waals surface area contributed by atoms with Crippen LogP contribution in [0.4, 0.5) is 0 Å². The first-order chi connectivity index (χ1) is 11.3. The summed E-state index contributed by atoms with van der Waals surface area (Å²) in [6.07, 6.45) is 4.15. The van der Waals surface area contributed by atoms with Crippen LogP contribution >= 0.6 is 0 Å². The van der Waals surface area contributed by atoms with Crippen LogP contribution in [-0.4, -0.2) is 12.5 Å². The molecule has 2 heteroatoms. The van der Waals surface area contributed by atoms with E-state index in [0.29, 0.717) is 5.56 Å². The SMILES string of the molecule is CC#CCCCCCNC(=O)c1ccc(-c2ccccc2)cc1. The predicted molar refractivity (Wildman–Crippen MR) is 96.1 cm³/mol. The molecule has 23 heavy (non-hydrogen) atoms. The third-order valence-corrected chi connectivity index (χ3v) is 3.70. The van der Waals surface area contributed by atoms with Gasteiger partial charge >= 0.3 is 0 Å². The van der Waals surface area contributed by atoms with Crippen molar-refractivity contribution in [1.29, 1.82) is 0 Å². The van der Waals surface area contributed by atoms with Gasteiger partial charge in [-0.15, -0.1) is 11.8 Å². The Kier molecular flexibility index (Phi) is 6.94. The molecule has 0 radical (unpaired) electrons. The lowest BCUT2D eigenvalue weighted by molar-refractivity contribution is 0.0953. The maximum atomic E-state index is 12.1. The van der Waals surface area contributed by atoms with Crippen LogP contribution in [0.25, 0.3) is 11.1 Å². The van der Waals surface area contributed by atoms with Gasteiger partial charge in [0.25, 0.3) is 5.91 Å². The summed E-state index contributed by atoms with van der Waals surface area (Å²) in [5, 5.41) is 2.97. The van der Waals surface area contributed by atoms with Crippen molar-refractivity contribution in [2.45, 2.75) is 32.6 Å². The zero-order chi connectivity index (χ0) is 16.3. The molecule has 1 N–H and O–H groups in total. The van der Waals surface area contributed by atoms with Gasteiger partial charge in [0.2, 0.25) is 0 Å². The van der Waals surface area contributed by atoms with Crippen molar-refractivity contribution in [2.24, 2.45) is 0 Å². The number of carbonyl (C=O) groups is 1. The summed E-state index contributed by atoms with van der Waals surface area (Å²) in [5.41, 5.74) is 3.00. The minimum absolute atomic E-state index is 0.00189. The number of unbranched alkanes of at least 4 members (excludes halogenated alkanes) is 3. The molecule has 2 aromatic rings. The summed E-state index contributed by atoms with van der Waals surface area (Å²) in [4.78, 5) is 12.1. The number of hydrogen-bond donors (Lipinski definition) is 1. The molecule has 0 bridgehead atoms. The highest BCUT2D eigenvalue weighted by molar-refractivity contribution is 5.94. The average molecular weight is 305 g/mol. The fourth-order valence-corrected chi connectivity index (χ4v) is 2.39. The molecule has 2 rings (SSSR count). The van der Waals surface area contributed by atoms with E-state index in [4.69, 9.17) is 0 Å². The van der Waals surface area contributed by atoms with Gasteiger partial charge < -0.3 is 5.32 Å². The van der Waals surface area contributed by atoms with Crippen LogP contribution in [0.15, 0.2) is 54.6 Å². The summed E-state index contributed by atoms with van der Waals surface area (Å²) in [6.45, 7) is 2.59. The molecule has 0 unspecified atom stereocenters. The molecule has 0 aromatic heterocycles. The van der Waals surface area contributed by atoms with Crippen LogP contribution in [0.3, 0.4) is 0 Å². The van der Waals surface area contributed by atoms with Crippen molar-refractivity contribution >= 4 is 5.91 Å². The van der Waals surface area contributed by atoms with Crippen molar-refractivity contribution in [3.63, 3.8) is 0 Å². The summed E-state index contributed by atoms with van der Waals surface area (Å²) in [7, 11) is 0. The Hall–Kier alpha value is -2.53. The topological polar surface area (TPSA) is 29.1 Å². The number of nitrogens with one attached hydrogen (secondary N) is 1. The number of carbonyl (C=O) groups excluding carboxylic acids is 1. The van der Waals surface area contributed by atoms with Crippen molar-refractivity contribution in [3.05, 3.63) is 60.2 Å². The highest BCUT2D eigenvalue weighted by Crippen LogP contribution is 2.19. The second-order valence-corrected chi connectivity index (χ2v) is 5.44. The van der Waals surface area contributed by atoms with Gasteiger partial charge in [0.15, 0.2) is 0 Å². The Morgan fingerprint density at radius 1 is 0.913 bits per heavy atom. The van der Waals surface area contributed by atoms with E-state index < -0.39 is 0 Å². The Bertz CT molecular complexity index is 662. The molecule has 0 aliphatic carbocycles. The first-order valence-corrected chi connectivity index (χ1v) is 8.14. The molecule has 0 fully saturated rings. The molecular formula is C21H23NO. The van der Waals surface area contributed by atoms with Gasteiger partial charge in [-0.25, -0.2) is 0 Å². The Morgan fingerprint density at radius 3 is 2.30 bits per heavy atom. The molecule has 0 aliphatic rings. The Morgan fingerprint density at radius 2 is 1.61 bits per heavy atom. The predicted octanol–water partition coefficient (Wildman–Crippen LogP) is 4.67. The van der Waals surface area contributed by atoms with Crippen molar-refractivity contribution < 1.29 is 4.79 Å². The van der Waals surface area contributed by atoms with E-state index in [1.165, 1.54) is 0 Å². The van der Waals surface area contributed by atoms with Gasteiger partial charge in [0.1, 0.15) is 0 Å². The first-order valence-electron chi connectivity index (χ1n) is 8.14. The lowest BCUT2D eigenvalue weighted by atomic mass is 10.0. The van der Waals surface area contributed by atoms with Gasteiger partial charge in [0.05, 0.1) is 0 Å². The average Bonchev–Trinajstić information content (AvgIpc) is 2.61. The molecule has 2 nitrogen and oxygen atoms in total. The van der Waals surface area contributed by atoms with Gasteiger partial charge in [0, 0.05) is 18.5 Å². The highest BCUT2D eigenvalue weighted by atomic mass is 16.1. The largest absolute Gasteiger partial charge is 0.352 e. The van der Waals surface area contributed by atoms with Crippen LogP contribution in [-0.2, 0) is 0 Å². The molecule has 0 saturated carbocycles. The Labute approximate surface area is 138 Å². The smallest absolute Gasteiger partial charge is 0.251 e. The van der Waals surface area contributed by atoms with E-state index in [-0.39, 0.29) is 5.91 Å². The minimum Gasteiger partial charge on any atom is -0.352 e. The van der Waals surface area contributed by atoms with E-state index in [9.17, 15) is 4.79 Å². The van der Waals surface area contributed by atoms with Crippen molar-refractivity contribution in [3.8, 4) is 23.0 Å². The lowest BCUT2D eigenvalue weighted by Gasteiger charge is -2.06. The van der Waals surface area contributed by atoms with Gasteiger partial charge in [-0.1, -0.05) is 48.9 Å². The van der Waals surface area contributed by atoms with E-state index in [0.717, 1.165) is 43.4 Å². The van der Waals surface area contributed by atoms with Gasteiger partial charge in [-0.2, -0.15) is 0 Å². The van der Waals surface area contributed by atoms with E-state index >= 15 is 0 Å². The first kappa shape index (κ1) is 16.8. The highest BCUT2D eigenvalue weighted by Gasteiger charge is 2.05. The number of benzene rings is 2. The summed E-state index contributed by atoms with van der Waals surface area (Å²) in [5.74, 6) is 5.95. The van der Waals surface area contributed by atoms with Gasteiger partial charge in [-0.3, -0.25) is 4.79 Å². The zero-order valence-electron chi connectivity index (χ0n) is 13.6. The van der Waals surface area contributed by atoms with E-state index in [2.05, 4.69) is 29.3 Å². The summed E-state index contributed by atoms with van der Waals surface area (Å²) in [6, 6.07) is 17.9. The maximum Gasteiger partial charge on any atom is 0.251 e. The number of rotatable bonds is 7. The van der Waals surface area contributed by atoms with Crippen LogP contribution in [0.5, 0.6) is 0 Å². The zero-order valence-corrected chi connectivity index (χ0v) is 13.6. The molecule has 118 valence electrons. The Balaban J connectivity index is 1.78. The minimum atomic E-state index is -0.00189. The third kappa shape index (κ3) is 5.64. The molecule has 2 aromatic carbocycles. The third-order valence-electron chi connectivity index (χ3n) is 3.70.